The van der Waals surface area contributed by atoms with Gasteiger partial charge in [-0.2, -0.15) is 11.3 Å². The Labute approximate surface area is 164 Å². The lowest BCUT2D eigenvalue weighted by Crippen LogP contribution is -2.40. The number of hydrogen-bond donors (Lipinski definition) is 2. The summed E-state index contributed by atoms with van der Waals surface area (Å²) in [4.78, 5) is 4.32. The van der Waals surface area contributed by atoms with Crippen molar-refractivity contribution in [2.75, 3.05) is 20.7 Å². The topological polar surface area (TPSA) is 45.7 Å². The molecular formula is C18H24IN3OS. The number of para-hydroxylation sites is 1. The first-order valence-electron chi connectivity index (χ1n) is 7.86. The third-order valence-corrected chi connectivity index (χ3v) is 5.12. The highest BCUT2D eigenvalue weighted by molar-refractivity contribution is 14.0. The van der Waals surface area contributed by atoms with Crippen molar-refractivity contribution < 1.29 is 4.74 Å². The van der Waals surface area contributed by atoms with Gasteiger partial charge in [0.05, 0.1) is 7.11 Å². The molecule has 24 heavy (non-hydrogen) atoms. The molecule has 0 unspecified atom stereocenters. The molecule has 2 N–H and O–H groups in total. The number of aliphatic imine (C=N–C) groups is 1. The van der Waals surface area contributed by atoms with E-state index < -0.39 is 0 Å². The zero-order chi connectivity index (χ0) is 16.1. The van der Waals surface area contributed by atoms with E-state index >= 15 is 0 Å². The van der Waals surface area contributed by atoms with Crippen LogP contribution in [0.5, 0.6) is 5.75 Å². The Morgan fingerprint density at radius 2 is 2.04 bits per heavy atom. The van der Waals surface area contributed by atoms with E-state index in [2.05, 4.69) is 44.6 Å². The van der Waals surface area contributed by atoms with Gasteiger partial charge in [-0.15, -0.1) is 24.0 Å². The lowest BCUT2D eigenvalue weighted by molar-refractivity contribution is 0.403. The number of ether oxygens (including phenoxy) is 1. The monoisotopic (exact) mass is 457 g/mol. The lowest BCUT2D eigenvalue weighted by Gasteiger charge is -2.21. The maximum atomic E-state index is 5.53. The van der Waals surface area contributed by atoms with Crippen LogP contribution in [0.1, 0.15) is 24.0 Å². The van der Waals surface area contributed by atoms with Gasteiger partial charge in [-0.1, -0.05) is 18.2 Å². The van der Waals surface area contributed by atoms with Crippen molar-refractivity contribution in [2.24, 2.45) is 4.99 Å². The average molecular weight is 457 g/mol. The highest BCUT2D eigenvalue weighted by Crippen LogP contribution is 2.50. The number of guanidine groups is 1. The van der Waals surface area contributed by atoms with Crippen LogP contribution in [0.3, 0.4) is 0 Å². The summed E-state index contributed by atoms with van der Waals surface area (Å²) in [6.07, 6.45) is 2.36. The van der Waals surface area contributed by atoms with Crippen LogP contribution >= 0.6 is 35.3 Å². The van der Waals surface area contributed by atoms with Crippen molar-refractivity contribution in [3.05, 3.63) is 52.2 Å². The second kappa shape index (κ2) is 8.71. The maximum Gasteiger partial charge on any atom is 0.191 e. The van der Waals surface area contributed by atoms with Crippen molar-refractivity contribution in [1.29, 1.82) is 0 Å². The molecule has 1 heterocycles. The second-order valence-electron chi connectivity index (χ2n) is 5.89. The second-order valence-corrected chi connectivity index (χ2v) is 6.67. The number of methoxy groups -OCH3 is 1. The molecule has 1 aliphatic carbocycles. The predicted octanol–water partition coefficient (Wildman–Crippen LogP) is 3.77. The highest BCUT2D eigenvalue weighted by Gasteiger charge is 2.45. The van der Waals surface area contributed by atoms with Crippen molar-refractivity contribution in [1.82, 2.24) is 10.6 Å². The van der Waals surface area contributed by atoms with E-state index in [0.717, 1.165) is 24.8 Å². The maximum absolute atomic E-state index is 5.53. The van der Waals surface area contributed by atoms with Gasteiger partial charge in [0, 0.05) is 31.1 Å². The van der Waals surface area contributed by atoms with E-state index in [1.807, 2.05) is 19.2 Å². The summed E-state index contributed by atoms with van der Waals surface area (Å²) in [7, 11) is 3.55. The molecule has 2 aromatic rings. The van der Waals surface area contributed by atoms with Crippen LogP contribution in [0, 0.1) is 0 Å². The zero-order valence-electron chi connectivity index (χ0n) is 14.0. The first kappa shape index (κ1) is 19.1. The Morgan fingerprint density at radius 1 is 1.25 bits per heavy atom. The fourth-order valence-corrected chi connectivity index (χ4v) is 3.50. The minimum absolute atomic E-state index is 0. The molecule has 0 atom stereocenters. The Kier molecular flexibility index (Phi) is 6.91. The molecule has 0 amide bonds. The van der Waals surface area contributed by atoms with Gasteiger partial charge < -0.3 is 15.4 Å². The molecule has 1 saturated carbocycles. The van der Waals surface area contributed by atoms with E-state index in [1.54, 1.807) is 18.4 Å². The van der Waals surface area contributed by atoms with E-state index in [-0.39, 0.29) is 29.4 Å². The molecule has 1 aromatic carbocycles. The first-order chi connectivity index (χ1) is 11.3. The van der Waals surface area contributed by atoms with Crippen LogP contribution in [0.15, 0.2) is 46.1 Å². The van der Waals surface area contributed by atoms with Crippen LogP contribution in [-0.2, 0) is 12.0 Å². The van der Waals surface area contributed by atoms with E-state index in [4.69, 9.17) is 4.74 Å². The molecule has 0 bridgehead atoms. The molecule has 1 aliphatic rings. The quantitative estimate of drug-likeness (QED) is 0.395. The molecule has 6 heteroatoms. The van der Waals surface area contributed by atoms with Gasteiger partial charge in [-0.05, 0) is 41.3 Å². The number of nitrogens with one attached hydrogen (secondary N) is 2. The van der Waals surface area contributed by atoms with Crippen LogP contribution in [-0.4, -0.2) is 26.7 Å². The van der Waals surface area contributed by atoms with E-state index in [9.17, 15) is 0 Å². The predicted molar refractivity (Wildman–Crippen MR) is 112 cm³/mol. The molecule has 3 rings (SSSR count). The molecule has 1 fully saturated rings. The Bertz CT molecular complexity index is 669. The zero-order valence-corrected chi connectivity index (χ0v) is 17.2. The summed E-state index contributed by atoms with van der Waals surface area (Å²) >= 11 is 1.71. The number of thiophene rings is 1. The van der Waals surface area contributed by atoms with Crippen LogP contribution in [0.25, 0.3) is 0 Å². The van der Waals surface area contributed by atoms with Gasteiger partial charge in [0.2, 0.25) is 0 Å². The number of hydrogen-bond acceptors (Lipinski definition) is 3. The summed E-state index contributed by atoms with van der Waals surface area (Å²) in [5, 5.41) is 11.1. The highest BCUT2D eigenvalue weighted by atomic mass is 127. The largest absolute Gasteiger partial charge is 0.496 e. The molecule has 0 spiro atoms. The number of nitrogens with zero attached hydrogens (tertiary/aromatic N) is 1. The van der Waals surface area contributed by atoms with Gasteiger partial charge in [0.15, 0.2) is 5.96 Å². The average Bonchev–Trinajstić information content (AvgIpc) is 3.20. The van der Waals surface area contributed by atoms with Crippen LogP contribution < -0.4 is 15.4 Å². The Balaban J connectivity index is 0.00000208. The van der Waals surface area contributed by atoms with Crippen LogP contribution in [0.4, 0.5) is 0 Å². The Morgan fingerprint density at radius 3 is 2.67 bits per heavy atom. The Hall–Kier alpha value is -1.28. The summed E-state index contributed by atoms with van der Waals surface area (Å²) in [5.74, 6) is 1.82. The summed E-state index contributed by atoms with van der Waals surface area (Å²) < 4.78 is 5.53. The first-order valence-corrected chi connectivity index (χ1v) is 8.81. The smallest absolute Gasteiger partial charge is 0.191 e. The van der Waals surface area contributed by atoms with Crippen molar-refractivity contribution in [3.8, 4) is 5.75 Å². The molecule has 0 saturated heterocycles. The number of benzene rings is 1. The fraction of sp³-hybridized carbons (Fsp3) is 0.389. The standard InChI is InChI=1S/C18H23N3OS.HI/c1-19-17(20-11-14-7-10-23-12-14)21-13-18(8-9-18)15-5-3-4-6-16(15)22-2;/h3-7,10,12H,8-9,11,13H2,1-2H3,(H2,19,20,21);1H. The van der Waals surface area contributed by atoms with Crippen molar-refractivity contribution in [3.63, 3.8) is 0 Å². The normalized spacial score (nSPS) is 15.3. The van der Waals surface area contributed by atoms with Gasteiger partial charge >= 0.3 is 0 Å². The van der Waals surface area contributed by atoms with Crippen LogP contribution in [0.2, 0.25) is 0 Å². The third-order valence-electron chi connectivity index (χ3n) is 4.39. The van der Waals surface area contributed by atoms with Gasteiger partial charge in [-0.3, -0.25) is 4.99 Å². The van der Waals surface area contributed by atoms with Gasteiger partial charge in [0.25, 0.3) is 0 Å². The summed E-state index contributed by atoms with van der Waals surface area (Å²) in [6, 6.07) is 10.4. The molecule has 0 radical (unpaired) electrons. The van der Waals surface area contributed by atoms with E-state index in [0.29, 0.717) is 0 Å². The van der Waals surface area contributed by atoms with E-state index in [1.165, 1.54) is 24.0 Å². The van der Waals surface area contributed by atoms with Gasteiger partial charge in [0.1, 0.15) is 5.75 Å². The number of rotatable bonds is 6. The summed E-state index contributed by atoms with van der Waals surface area (Å²) in [6.45, 7) is 1.67. The SMILES string of the molecule is CN=C(NCc1ccsc1)NCC1(c2ccccc2OC)CC1.I. The summed E-state index contributed by atoms with van der Waals surface area (Å²) in [5.41, 5.74) is 2.75. The number of halogens is 1. The lowest BCUT2D eigenvalue weighted by atomic mass is 9.95. The molecule has 1 aromatic heterocycles. The fourth-order valence-electron chi connectivity index (χ4n) is 2.83. The molecule has 4 nitrogen and oxygen atoms in total. The molecule has 0 aliphatic heterocycles. The minimum atomic E-state index is 0. The van der Waals surface area contributed by atoms with Gasteiger partial charge in [-0.25, -0.2) is 0 Å². The molecule has 130 valence electrons. The third kappa shape index (κ3) is 4.42. The van der Waals surface area contributed by atoms with Crippen molar-refractivity contribution in [2.45, 2.75) is 24.8 Å². The molecular weight excluding hydrogens is 433 g/mol. The minimum Gasteiger partial charge on any atom is -0.496 e. The van der Waals surface area contributed by atoms with Crippen molar-refractivity contribution >= 4 is 41.3 Å².